The summed E-state index contributed by atoms with van der Waals surface area (Å²) in [6, 6.07) is 8.23. The number of hydrogen-bond donors (Lipinski definition) is 1. The third kappa shape index (κ3) is 3.38. The normalized spacial score (nSPS) is 20.3. The van der Waals surface area contributed by atoms with Gasteiger partial charge in [-0.15, -0.1) is 10.2 Å². The summed E-state index contributed by atoms with van der Waals surface area (Å²) >= 11 is 0. The lowest BCUT2D eigenvalue weighted by atomic mass is 9.95. The molecular weight excluding hydrogens is 330 g/mol. The first kappa shape index (κ1) is 16.9. The minimum absolute atomic E-state index is 0.121. The highest BCUT2D eigenvalue weighted by atomic mass is 16.5. The van der Waals surface area contributed by atoms with Gasteiger partial charge in [0.15, 0.2) is 11.9 Å². The molecule has 2 aliphatic rings. The van der Waals surface area contributed by atoms with Gasteiger partial charge in [-0.1, -0.05) is 31.4 Å². The van der Waals surface area contributed by atoms with Gasteiger partial charge in [0.2, 0.25) is 0 Å². The Morgan fingerprint density at radius 2 is 2.08 bits per heavy atom. The van der Waals surface area contributed by atoms with E-state index in [4.69, 9.17) is 4.74 Å². The zero-order chi connectivity index (χ0) is 17.9. The van der Waals surface area contributed by atoms with Gasteiger partial charge in [0, 0.05) is 13.1 Å². The molecule has 1 saturated carbocycles. The van der Waals surface area contributed by atoms with Crippen LogP contribution in [0.2, 0.25) is 0 Å². The Morgan fingerprint density at radius 3 is 2.92 bits per heavy atom. The second-order valence-electron chi connectivity index (χ2n) is 7.12. The maximum Gasteiger partial charge on any atom is 0.263 e. The number of carbonyl (C=O) groups excluding carboxylic acids is 1. The summed E-state index contributed by atoms with van der Waals surface area (Å²) in [7, 11) is 1.97. The Labute approximate surface area is 153 Å². The molecule has 1 aromatic heterocycles. The fourth-order valence-corrected chi connectivity index (χ4v) is 3.88. The highest BCUT2D eigenvalue weighted by Gasteiger charge is 2.29. The van der Waals surface area contributed by atoms with Gasteiger partial charge in [-0.3, -0.25) is 4.79 Å². The molecule has 1 aliphatic heterocycles. The molecule has 0 radical (unpaired) electrons. The van der Waals surface area contributed by atoms with Crippen molar-refractivity contribution in [3.63, 3.8) is 0 Å². The van der Waals surface area contributed by atoms with Crippen LogP contribution in [0.5, 0.6) is 5.75 Å². The minimum atomic E-state index is -0.527. The number of carbonyl (C=O) groups is 1. The molecule has 7 nitrogen and oxygen atoms in total. The molecule has 1 amide bonds. The number of amides is 1. The number of anilines is 1. The van der Waals surface area contributed by atoms with Crippen LogP contribution in [-0.2, 0) is 11.3 Å². The summed E-state index contributed by atoms with van der Waals surface area (Å²) in [5.74, 6) is 1.44. The Hall–Kier alpha value is -2.57. The summed E-state index contributed by atoms with van der Waals surface area (Å²) in [5.41, 5.74) is 1.01. The average Bonchev–Trinajstić information content (AvgIpc) is 3.15. The van der Waals surface area contributed by atoms with E-state index < -0.39 is 6.10 Å². The second-order valence-corrected chi connectivity index (χ2v) is 7.12. The van der Waals surface area contributed by atoms with Gasteiger partial charge in [-0.2, -0.15) is 0 Å². The van der Waals surface area contributed by atoms with Crippen molar-refractivity contribution < 1.29 is 9.53 Å². The Morgan fingerprint density at radius 1 is 1.27 bits per heavy atom. The van der Waals surface area contributed by atoms with Gasteiger partial charge < -0.3 is 19.5 Å². The maximum atomic E-state index is 12.6. The van der Waals surface area contributed by atoms with E-state index in [1.54, 1.807) is 6.33 Å². The topological polar surface area (TPSA) is 72.3 Å². The number of aromatic nitrogens is 3. The van der Waals surface area contributed by atoms with Crippen LogP contribution in [0.1, 0.15) is 44.0 Å². The van der Waals surface area contributed by atoms with Gasteiger partial charge in [0.25, 0.3) is 5.91 Å². The van der Waals surface area contributed by atoms with Crippen molar-refractivity contribution in [2.45, 2.75) is 50.8 Å². The van der Waals surface area contributed by atoms with Crippen LogP contribution in [0, 0.1) is 0 Å². The fraction of sp³-hybridized carbons (Fsp3) is 0.526. The van der Waals surface area contributed by atoms with Gasteiger partial charge in [0.1, 0.15) is 12.1 Å². The highest BCUT2D eigenvalue weighted by Crippen LogP contribution is 2.32. The Kier molecular flexibility index (Phi) is 4.77. The van der Waals surface area contributed by atoms with Crippen LogP contribution in [0.4, 0.5) is 5.69 Å². The summed E-state index contributed by atoms with van der Waals surface area (Å²) in [5, 5.41) is 11.2. The molecule has 138 valence electrons. The molecule has 1 N–H and O–H groups in total. The van der Waals surface area contributed by atoms with E-state index in [1.807, 2.05) is 36.2 Å². The largest absolute Gasteiger partial charge is 0.477 e. The van der Waals surface area contributed by atoms with Crippen molar-refractivity contribution in [3.05, 3.63) is 36.4 Å². The predicted molar refractivity (Wildman–Crippen MR) is 98.1 cm³/mol. The number of nitrogens with zero attached hydrogens (tertiary/aromatic N) is 4. The Bertz CT molecular complexity index is 769. The Balaban J connectivity index is 1.39. The lowest BCUT2D eigenvalue weighted by Gasteiger charge is -2.33. The standard InChI is InChI=1S/C19H25N5O2/c1-23-12-17(26-16-10-6-5-9-15(16)23)19(25)20-11-18-22-21-13-24(18)14-7-3-2-4-8-14/h5-6,9-10,13-14,17H,2-4,7-8,11-12H2,1H3,(H,20,25)/t17-/m0/s1. The van der Waals surface area contributed by atoms with Crippen LogP contribution in [0.25, 0.3) is 0 Å². The molecule has 1 fully saturated rings. The minimum Gasteiger partial charge on any atom is -0.477 e. The second kappa shape index (κ2) is 7.35. The van der Waals surface area contributed by atoms with Crippen LogP contribution < -0.4 is 15.0 Å². The lowest BCUT2D eigenvalue weighted by Crippen LogP contribution is -2.47. The number of rotatable bonds is 4. The summed E-state index contributed by atoms with van der Waals surface area (Å²) in [4.78, 5) is 14.7. The first-order valence-corrected chi connectivity index (χ1v) is 9.35. The maximum absolute atomic E-state index is 12.6. The van der Waals surface area contributed by atoms with Gasteiger partial charge in [-0.25, -0.2) is 0 Å². The molecule has 0 unspecified atom stereocenters. The number of nitrogens with one attached hydrogen (secondary N) is 1. The summed E-state index contributed by atoms with van der Waals surface area (Å²) in [6.07, 6.45) is 7.38. The van der Waals surface area contributed by atoms with Gasteiger partial charge in [0.05, 0.1) is 18.8 Å². The van der Waals surface area contributed by atoms with Crippen molar-refractivity contribution >= 4 is 11.6 Å². The molecule has 2 heterocycles. The number of hydrogen-bond acceptors (Lipinski definition) is 5. The molecule has 2 aromatic rings. The van der Waals surface area contributed by atoms with E-state index in [2.05, 4.69) is 20.1 Å². The molecule has 1 atom stereocenters. The molecule has 0 bridgehead atoms. The van der Waals surface area contributed by atoms with Crippen molar-refractivity contribution in [2.24, 2.45) is 0 Å². The lowest BCUT2D eigenvalue weighted by molar-refractivity contribution is -0.128. The zero-order valence-corrected chi connectivity index (χ0v) is 15.1. The first-order valence-electron chi connectivity index (χ1n) is 9.35. The highest BCUT2D eigenvalue weighted by molar-refractivity contribution is 5.83. The molecule has 4 rings (SSSR count). The molecule has 0 spiro atoms. The van der Waals surface area contributed by atoms with E-state index in [0.29, 0.717) is 19.1 Å². The van der Waals surface area contributed by atoms with E-state index in [1.165, 1.54) is 19.3 Å². The van der Waals surface area contributed by atoms with Gasteiger partial charge in [-0.05, 0) is 25.0 Å². The van der Waals surface area contributed by atoms with E-state index in [9.17, 15) is 4.79 Å². The summed E-state index contributed by atoms with van der Waals surface area (Å²) < 4.78 is 8.01. The van der Waals surface area contributed by atoms with Crippen LogP contribution in [0.3, 0.4) is 0 Å². The first-order chi connectivity index (χ1) is 12.7. The molecule has 7 heteroatoms. The number of benzene rings is 1. The quantitative estimate of drug-likeness (QED) is 0.911. The van der Waals surface area contributed by atoms with Crippen molar-refractivity contribution in [1.29, 1.82) is 0 Å². The zero-order valence-electron chi connectivity index (χ0n) is 15.1. The van der Waals surface area contributed by atoms with Crippen molar-refractivity contribution in [2.75, 3.05) is 18.5 Å². The number of fused-ring (bicyclic) bond motifs is 1. The predicted octanol–water partition coefficient (Wildman–Crippen LogP) is 2.30. The van der Waals surface area contributed by atoms with E-state index in [0.717, 1.165) is 30.1 Å². The SMILES string of the molecule is CN1C[C@@H](C(=O)NCc2nncn2C2CCCCC2)Oc2ccccc21. The van der Waals surface area contributed by atoms with Crippen LogP contribution in [0.15, 0.2) is 30.6 Å². The fourth-order valence-electron chi connectivity index (χ4n) is 3.88. The number of ether oxygens (including phenoxy) is 1. The van der Waals surface area contributed by atoms with Crippen LogP contribution in [-0.4, -0.2) is 40.4 Å². The van der Waals surface area contributed by atoms with Gasteiger partial charge >= 0.3 is 0 Å². The smallest absolute Gasteiger partial charge is 0.263 e. The monoisotopic (exact) mass is 355 g/mol. The van der Waals surface area contributed by atoms with E-state index >= 15 is 0 Å². The molecule has 1 aromatic carbocycles. The number of para-hydroxylation sites is 2. The molecular formula is C19H25N5O2. The molecule has 0 saturated heterocycles. The molecule has 1 aliphatic carbocycles. The third-order valence-electron chi connectivity index (χ3n) is 5.31. The number of likely N-dealkylation sites (N-methyl/N-ethyl adjacent to an activating group) is 1. The average molecular weight is 355 g/mol. The van der Waals surface area contributed by atoms with E-state index in [-0.39, 0.29) is 5.91 Å². The van der Waals surface area contributed by atoms with Crippen molar-refractivity contribution in [1.82, 2.24) is 20.1 Å². The van der Waals surface area contributed by atoms with Crippen molar-refractivity contribution in [3.8, 4) is 5.75 Å². The summed E-state index contributed by atoms with van der Waals surface area (Å²) in [6.45, 7) is 0.902. The van der Waals surface area contributed by atoms with Crippen LogP contribution >= 0.6 is 0 Å². The molecule has 26 heavy (non-hydrogen) atoms. The third-order valence-corrected chi connectivity index (χ3v) is 5.31.